The highest BCUT2D eigenvalue weighted by molar-refractivity contribution is 8.72. The second-order valence-corrected chi connectivity index (χ2v) is 6.06. The minimum Gasteiger partial charge on any atom is -0.246 e. The molecule has 1 fully saturated rings. The molecule has 0 aliphatic carbocycles. The Bertz CT molecular complexity index is 198. The van der Waals surface area contributed by atoms with Gasteiger partial charge in [0.2, 0.25) is 0 Å². The van der Waals surface area contributed by atoms with Gasteiger partial charge >= 0.3 is 9.15 Å². The van der Waals surface area contributed by atoms with E-state index < -0.39 is 9.15 Å². The highest BCUT2D eigenvalue weighted by Gasteiger charge is 2.35. The van der Waals surface area contributed by atoms with Crippen molar-refractivity contribution in [2.45, 2.75) is 38.0 Å². The molecular formula is C6H12O3S2. The molecule has 0 bridgehead atoms. The monoisotopic (exact) mass is 196 g/mol. The van der Waals surface area contributed by atoms with E-state index in [-0.39, 0.29) is 5.44 Å². The highest BCUT2D eigenvalue weighted by Crippen LogP contribution is 2.38. The maximum absolute atomic E-state index is 10.5. The predicted molar refractivity (Wildman–Crippen MR) is 45.5 cm³/mol. The lowest BCUT2D eigenvalue weighted by Crippen LogP contribution is -2.25. The maximum Gasteiger partial charge on any atom is 0.325 e. The van der Waals surface area contributed by atoms with Crippen LogP contribution >= 0.6 is 10.8 Å². The standard InChI is InChI=1S/C6H12O3S2/c1-2-3-4-5-6-9-11(7,8)10-6/h6H,2-5H2,1H3. The summed E-state index contributed by atoms with van der Waals surface area (Å²) in [6.45, 7) is 2.12. The van der Waals surface area contributed by atoms with Crippen molar-refractivity contribution in [3.8, 4) is 0 Å². The molecule has 0 aromatic carbocycles. The first-order chi connectivity index (χ1) is 5.14. The summed E-state index contributed by atoms with van der Waals surface area (Å²) in [7, 11) is -2.22. The van der Waals surface area contributed by atoms with Gasteiger partial charge in [-0.3, -0.25) is 0 Å². The number of rotatable bonds is 4. The first-order valence-electron chi connectivity index (χ1n) is 3.75. The van der Waals surface area contributed by atoms with Crippen LogP contribution in [-0.4, -0.2) is 13.9 Å². The summed E-state index contributed by atoms with van der Waals surface area (Å²) in [4.78, 5) is 0. The molecule has 1 saturated heterocycles. The van der Waals surface area contributed by atoms with Gasteiger partial charge in [0, 0.05) is 10.8 Å². The fraction of sp³-hybridized carbons (Fsp3) is 1.00. The van der Waals surface area contributed by atoms with Crippen molar-refractivity contribution in [2.24, 2.45) is 0 Å². The van der Waals surface area contributed by atoms with Crippen LogP contribution in [0.4, 0.5) is 0 Å². The molecule has 5 heteroatoms. The lowest BCUT2D eigenvalue weighted by atomic mass is 10.2. The quantitative estimate of drug-likeness (QED) is 0.509. The predicted octanol–water partition coefficient (Wildman–Crippen LogP) is 1.90. The summed E-state index contributed by atoms with van der Waals surface area (Å²) >= 11 is 0. The lowest BCUT2D eigenvalue weighted by molar-refractivity contribution is 0.269. The molecule has 1 heterocycles. The minimum atomic E-state index is -3.15. The SMILES string of the molecule is CCCCCC1OS(=O)(=O)S1. The van der Waals surface area contributed by atoms with Gasteiger partial charge in [0.1, 0.15) is 5.44 Å². The second-order valence-electron chi connectivity index (χ2n) is 2.53. The van der Waals surface area contributed by atoms with E-state index in [1.54, 1.807) is 0 Å². The average molecular weight is 196 g/mol. The van der Waals surface area contributed by atoms with Crippen LogP contribution in [0.5, 0.6) is 0 Å². The van der Waals surface area contributed by atoms with Crippen LogP contribution < -0.4 is 0 Å². The van der Waals surface area contributed by atoms with Crippen LogP contribution in [0.25, 0.3) is 0 Å². The summed E-state index contributed by atoms with van der Waals surface area (Å²) in [5.41, 5.74) is -0.0912. The Morgan fingerprint density at radius 1 is 1.45 bits per heavy atom. The lowest BCUT2D eigenvalue weighted by Gasteiger charge is -2.23. The zero-order valence-electron chi connectivity index (χ0n) is 6.45. The number of hydrogen-bond donors (Lipinski definition) is 0. The van der Waals surface area contributed by atoms with Gasteiger partial charge in [-0.25, -0.2) is 4.18 Å². The third-order valence-electron chi connectivity index (χ3n) is 1.49. The van der Waals surface area contributed by atoms with Gasteiger partial charge in [0.25, 0.3) is 0 Å². The van der Waals surface area contributed by atoms with Crippen molar-refractivity contribution in [1.29, 1.82) is 0 Å². The van der Waals surface area contributed by atoms with Crippen molar-refractivity contribution >= 4 is 19.9 Å². The molecule has 1 aliphatic heterocycles. The van der Waals surface area contributed by atoms with E-state index in [1.807, 2.05) is 0 Å². The van der Waals surface area contributed by atoms with E-state index in [4.69, 9.17) is 0 Å². The first-order valence-corrected chi connectivity index (χ1v) is 6.56. The summed E-state index contributed by atoms with van der Waals surface area (Å²) in [5.74, 6) is 0. The van der Waals surface area contributed by atoms with Crippen LogP contribution in [0.2, 0.25) is 0 Å². The Hall–Kier alpha value is 0.260. The van der Waals surface area contributed by atoms with E-state index in [9.17, 15) is 8.42 Å². The van der Waals surface area contributed by atoms with Gasteiger partial charge < -0.3 is 0 Å². The van der Waals surface area contributed by atoms with Crippen LogP contribution in [0.1, 0.15) is 32.6 Å². The number of hydrogen-bond acceptors (Lipinski definition) is 4. The number of unbranched alkanes of at least 4 members (excludes halogenated alkanes) is 2. The largest absolute Gasteiger partial charge is 0.325 e. The molecule has 0 amide bonds. The molecule has 1 rings (SSSR count). The molecule has 1 atom stereocenters. The van der Waals surface area contributed by atoms with E-state index in [1.165, 1.54) is 0 Å². The topological polar surface area (TPSA) is 43.4 Å². The van der Waals surface area contributed by atoms with Crippen molar-refractivity contribution < 1.29 is 12.6 Å². The zero-order valence-corrected chi connectivity index (χ0v) is 8.08. The average Bonchev–Trinajstić information content (AvgIpc) is 1.84. The van der Waals surface area contributed by atoms with Gasteiger partial charge in [-0.15, -0.1) is 0 Å². The molecule has 0 aromatic heterocycles. The van der Waals surface area contributed by atoms with Crippen molar-refractivity contribution in [1.82, 2.24) is 0 Å². The third-order valence-corrected chi connectivity index (χ3v) is 4.45. The molecule has 0 radical (unpaired) electrons. The van der Waals surface area contributed by atoms with Crippen LogP contribution in [0.3, 0.4) is 0 Å². The van der Waals surface area contributed by atoms with Gasteiger partial charge in [0.15, 0.2) is 0 Å². The molecule has 1 aliphatic rings. The molecule has 11 heavy (non-hydrogen) atoms. The minimum absolute atomic E-state index is 0.0912. The second kappa shape index (κ2) is 3.78. The molecule has 0 spiro atoms. The Balaban J connectivity index is 2.05. The highest BCUT2D eigenvalue weighted by atomic mass is 33.2. The van der Waals surface area contributed by atoms with E-state index in [2.05, 4.69) is 11.1 Å². The van der Waals surface area contributed by atoms with Gasteiger partial charge in [-0.2, -0.15) is 8.42 Å². The van der Waals surface area contributed by atoms with E-state index in [0.717, 1.165) is 36.5 Å². The normalized spacial score (nSPS) is 27.9. The molecule has 3 nitrogen and oxygen atoms in total. The van der Waals surface area contributed by atoms with Crippen molar-refractivity contribution in [3.63, 3.8) is 0 Å². The summed E-state index contributed by atoms with van der Waals surface area (Å²) in [6.07, 6.45) is 4.23. The summed E-state index contributed by atoms with van der Waals surface area (Å²) < 4.78 is 25.5. The van der Waals surface area contributed by atoms with Gasteiger partial charge in [0.05, 0.1) is 0 Å². The Morgan fingerprint density at radius 3 is 2.55 bits per heavy atom. The van der Waals surface area contributed by atoms with Crippen LogP contribution in [0.15, 0.2) is 0 Å². The first kappa shape index (κ1) is 9.35. The van der Waals surface area contributed by atoms with Gasteiger partial charge in [-0.05, 0) is 12.8 Å². The van der Waals surface area contributed by atoms with E-state index >= 15 is 0 Å². The molecule has 0 N–H and O–H groups in total. The smallest absolute Gasteiger partial charge is 0.246 e. The van der Waals surface area contributed by atoms with Crippen LogP contribution in [-0.2, 0) is 13.3 Å². The fourth-order valence-electron chi connectivity index (χ4n) is 0.927. The Morgan fingerprint density at radius 2 is 2.09 bits per heavy atom. The molecular weight excluding hydrogens is 184 g/mol. The van der Waals surface area contributed by atoms with Crippen LogP contribution in [0, 0.1) is 0 Å². The maximum atomic E-state index is 10.5. The van der Waals surface area contributed by atoms with E-state index in [0.29, 0.717) is 0 Å². The Kier molecular flexibility index (Phi) is 3.21. The van der Waals surface area contributed by atoms with Crippen molar-refractivity contribution in [2.75, 3.05) is 0 Å². The summed E-state index contributed by atoms with van der Waals surface area (Å²) in [6, 6.07) is 0. The molecule has 0 saturated carbocycles. The molecule has 1 unspecified atom stereocenters. The van der Waals surface area contributed by atoms with Crippen molar-refractivity contribution in [3.05, 3.63) is 0 Å². The van der Waals surface area contributed by atoms with Gasteiger partial charge in [-0.1, -0.05) is 19.8 Å². The zero-order chi connectivity index (χ0) is 8.32. The third kappa shape index (κ3) is 3.01. The fourth-order valence-corrected chi connectivity index (χ4v) is 3.40. The summed E-state index contributed by atoms with van der Waals surface area (Å²) in [5, 5.41) is 0. The Labute approximate surface area is 71.0 Å². The molecule has 66 valence electrons. The molecule has 0 aromatic rings.